The van der Waals surface area contributed by atoms with E-state index in [0.29, 0.717) is 25.2 Å². The quantitative estimate of drug-likeness (QED) is 0.846. The molecule has 0 saturated carbocycles. The summed E-state index contributed by atoms with van der Waals surface area (Å²) in [4.78, 5) is 24.8. The van der Waals surface area contributed by atoms with E-state index in [1.165, 1.54) is 6.07 Å². The lowest BCUT2D eigenvalue weighted by molar-refractivity contribution is -0.136. The highest BCUT2D eigenvalue weighted by molar-refractivity contribution is 5.78. The van der Waals surface area contributed by atoms with E-state index >= 15 is 0 Å². The molecule has 0 unspecified atom stereocenters. The minimum absolute atomic E-state index is 0. The van der Waals surface area contributed by atoms with Gasteiger partial charge in [0.05, 0.1) is 12.2 Å². The van der Waals surface area contributed by atoms with Crippen molar-refractivity contribution in [3.05, 3.63) is 58.6 Å². The number of hydrogen-bond acceptors (Lipinski definition) is 3. The Hall–Kier alpha value is -2.89. The molecule has 1 aromatic heterocycles. The van der Waals surface area contributed by atoms with Crippen LogP contribution >= 0.6 is 0 Å². The van der Waals surface area contributed by atoms with Gasteiger partial charge in [-0.25, -0.2) is 4.39 Å². The highest BCUT2D eigenvalue weighted by atomic mass is 19.1. The monoisotopic (exact) mass is 410 g/mol. The molecule has 6 heteroatoms. The Balaban J connectivity index is 0.00000272. The lowest BCUT2D eigenvalue weighted by atomic mass is 10.0. The topological polar surface area (TPSA) is 51.7 Å². The van der Waals surface area contributed by atoms with Gasteiger partial charge in [-0.3, -0.25) is 9.79 Å². The van der Waals surface area contributed by atoms with Gasteiger partial charge in [-0.05, 0) is 25.5 Å². The van der Waals surface area contributed by atoms with E-state index in [2.05, 4.69) is 34.8 Å². The van der Waals surface area contributed by atoms with E-state index in [1.807, 2.05) is 37.1 Å². The zero-order chi connectivity index (χ0) is 21.4. The van der Waals surface area contributed by atoms with Crippen LogP contribution in [0.15, 0.2) is 47.1 Å². The predicted molar refractivity (Wildman–Crippen MR) is 119 cm³/mol. The predicted octanol–water partition coefficient (Wildman–Crippen LogP) is 2.94. The highest BCUT2D eigenvalue weighted by Gasteiger charge is 2.30. The van der Waals surface area contributed by atoms with Gasteiger partial charge in [-0.1, -0.05) is 38.1 Å². The first kappa shape index (κ1) is 20.4. The van der Waals surface area contributed by atoms with Crippen molar-refractivity contribution >= 4 is 11.6 Å². The molecule has 1 saturated heterocycles. The van der Waals surface area contributed by atoms with Crippen LogP contribution in [0, 0.1) is 11.7 Å². The third-order valence-corrected chi connectivity index (χ3v) is 6.00. The summed E-state index contributed by atoms with van der Waals surface area (Å²) in [7, 11) is 0. The van der Waals surface area contributed by atoms with Crippen molar-refractivity contribution in [1.29, 1.82) is 0 Å². The molecule has 2 aromatic rings. The Bertz CT molecular complexity index is 1120. The Kier molecular flexibility index (Phi) is 5.50. The first-order valence-electron chi connectivity index (χ1n) is 10.6. The van der Waals surface area contributed by atoms with Gasteiger partial charge in [-0.2, -0.15) is 0 Å². The lowest BCUT2D eigenvalue weighted by Gasteiger charge is -2.43. The zero-order valence-corrected chi connectivity index (χ0v) is 18.1. The molecule has 1 fully saturated rings. The first-order valence-corrected chi connectivity index (χ1v) is 10.6. The van der Waals surface area contributed by atoms with Crippen LogP contribution in [0.1, 0.15) is 29.1 Å². The van der Waals surface area contributed by atoms with Gasteiger partial charge in [0.25, 0.3) is 0 Å². The number of carbonyl (C=O) groups is 1. The number of benzene rings is 1. The van der Waals surface area contributed by atoms with Crippen LogP contribution < -0.4 is 10.7 Å². The molecule has 0 bridgehead atoms. The summed E-state index contributed by atoms with van der Waals surface area (Å²) in [5.74, 6) is -0.0485. The van der Waals surface area contributed by atoms with Gasteiger partial charge in [0.1, 0.15) is 11.3 Å². The molecular formula is C24H31FN4O. The van der Waals surface area contributed by atoms with Crippen molar-refractivity contribution < 1.29 is 10.6 Å². The minimum atomic E-state index is -0.245. The summed E-state index contributed by atoms with van der Waals surface area (Å²) in [6, 6.07) is 7.01. The van der Waals surface area contributed by atoms with E-state index in [1.54, 1.807) is 6.07 Å². The molecule has 4 rings (SSSR count). The average molecular weight is 411 g/mol. The highest BCUT2D eigenvalue weighted by Crippen LogP contribution is 2.26. The Morgan fingerprint density at radius 2 is 2.03 bits per heavy atom. The second-order valence-corrected chi connectivity index (χ2v) is 8.46. The van der Waals surface area contributed by atoms with Gasteiger partial charge >= 0.3 is 0 Å². The van der Waals surface area contributed by atoms with Crippen LogP contribution in [-0.4, -0.2) is 52.9 Å². The van der Waals surface area contributed by atoms with Gasteiger partial charge < -0.3 is 14.8 Å². The third kappa shape index (κ3) is 3.55. The largest absolute Gasteiger partial charge is 0.364 e. The Morgan fingerprint density at radius 1 is 1.27 bits per heavy atom. The fraction of sp³-hybridized carbons (Fsp3) is 0.417. The molecule has 5 nitrogen and oxygen atoms in total. The summed E-state index contributed by atoms with van der Waals surface area (Å²) in [5.41, 5.74) is 4.38. The van der Waals surface area contributed by atoms with Crippen LogP contribution in [0.3, 0.4) is 0 Å². The number of H-pyrrole nitrogens is 1. The second kappa shape index (κ2) is 8.09. The zero-order valence-electron chi connectivity index (χ0n) is 18.1. The fourth-order valence-electron chi connectivity index (χ4n) is 4.46. The molecule has 2 aliphatic heterocycles. The maximum atomic E-state index is 14.7. The molecule has 3 heterocycles. The smallest absolute Gasteiger partial charge is 0.225 e. The number of amides is 1. The van der Waals surface area contributed by atoms with Crippen molar-refractivity contribution in [1.82, 2.24) is 14.8 Å². The van der Waals surface area contributed by atoms with Gasteiger partial charge in [0.15, 0.2) is 0 Å². The molecule has 2 aliphatic rings. The molecule has 160 valence electrons. The number of rotatable bonds is 3. The number of aromatic amines is 1. The van der Waals surface area contributed by atoms with Crippen molar-refractivity contribution in [2.45, 2.75) is 33.7 Å². The van der Waals surface area contributed by atoms with Gasteiger partial charge in [0.2, 0.25) is 5.91 Å². The summed E-state index contributed by atoms with van der Waals surface area (Å²) >= 11 is 0. The number of nitrogens with one attached hydrogen (secondary N) is 1. The van der Waals surface area contributed by atoms with Crippen LogP contribution in [-0.2, 0) is 4.79 Å². The number of halogens is 1. The second-order valence-electron chi connectivity index (χ2n) is 8.46. The van der Waals surface area contributed by atoms with Crippen LogP contribution in [0.5, 0.6) is 0 Å². The van der Waals surface area contributed by atoms with E-state index in [-0.39, 0.29) is 25.1 Å². The number of piperazine rings is 1. The number of fused-ring (bicyclic) bond motifs is 1. The van der Waals surface area contributed by atoms with Crippen LogP contribution in [0.25, 0.3) is 16.8 Å². The van der Waals surface area contributed by atoms with Gasteiger partial charge in [0, 0.05) is 55.6 Å². The number of hydrogen-bond donors (Lipinski definition) is 1. The molecule has 1 atom stereocenters. The van der Waals surface area contributed by atoms with Crippen molar-refractivity contribution in [2.24, 2.45) is 10.9 Å². The Morgan fingerprint density at radius 3 is 2.73 bits per heavy atom. The fourth-order valence-corrected chi connectivity index (χ4v) is 4.46. The number of carbonyl (C=O) groups excluding carboxylic acids is 1. The van der Waals surface area contributed by atoms with Crippen molar-refractivity contribution in [3.8, 4) is 11.1 Å². The molecule has 1 N–H and O–H groups in total. The summed E-state index contributed by atoms with van der Waals surface area (Å²) < 4.78 is 14.7. The van der Waals surface area contributed by atoms with E-state index in [0.717, 1.165) is 34.1 Å². The van der Waals surface area contributed by atoms with Crippen molar-refractivity contribution in [2.75, 3.05) is 26.2 Å². The van der Waals surface area contributed by atoms with Crippen molar-refractivity contribution in [3.63, 3.8) is 0 Å². The molecule has 1 aromatic carbocycles. The lowest BCUT2D eigenvalue weighted by Crippen LogP contribution is -2.55. The molecule has 0 spiro atoms. The Labute approximate surface area is 178 Å². The molecule has 0 radical (unpaired) electrons. The van der Waals surface area contributed by atoms with Gasteiger partial charge in [-0.15, -0.1) is 0 Å². The average Bonchev–Trinajstić information content (AvgIpc) is 3.04. The van der Waals surface area contributed by atoms with E-state index < -0.39 is 0 Å². The third-order valence-electron chi connectivity index (χ3n) is 6.00. The molecular weight excluding hydrogens is 379 g/mol. The summed E-state index contributed by atoms with van der Waals surface area (Å²) in [6.45, 7) is 10.8. The first-order chi connectivity index (χ1) is 14.4. The van der Waals surface area contributed by atoms with E-state index in [9.17, 15) is 9.18 Å². The number of aromatic nitrogens is 1. The SMILES string of the molecule is CC1=CCN=c2[nH]cc(-c3ccccc3F)c2=C1N1CCN(C(=O)C(C)C)C[C@@H]1C.[HH]. The maximum absolute atomic E-state index is 14.7. The molecule has 1 amide bonds. The normalized spacial score (nSPS) is 19.3. The standard InChI is InChI=1S/C24H29FN4O.H2/c1-15(2)24(30)28-11-12-29(17(4)14-28)22-16(3)9-10-26-23-21(22)19(13-27-23)18-7-5-6-8-20(18)25;/h5-9,13,15,17H,10-12,14H2,1-4H3,(H,26,27);1H/t17-;/m0./s1. The summed E-state index contributed by atoms with van der Waals surface area (Å²) in [6.07, 6.45) is 3.97. The maximum Gasteiger partial charge on any atom is 0.225 e. The van der Waals surface area contributed by atoms with Crippen LogP contribution in [0.4, 0.5) is 4.39 Å². The van der Waals surface area contributed by atoms with Crippen LogP contribution in [0.2, 0.25) is 0 Å². The van der Waals surface area contributed by atoms with E-state index in [4.69, 9.17) is 0 Å². The number of nitrogens with zero attached hydrogens (tertiary/aromatic N) is 3. The molecule has 0 aliphatic carbocycles. The minimum Gasteiger partial charge on any atom is -0.364 e. The summed E-state index contributed by atoms with van der Waals surface area (Å²) in [5, 5.41) is 0.946. The molecule has 30 heavy (non-hydrogen) atoms.